The number of hydrogen-bond acceptors (Lipinski definition) is 7. The van der Waals surface area contributed by atoms with Gasteiger partial charge in [0.2, 0.25) is 0 Å². The zero-order chi connectivity index (χ0) is 25.3. The molecule has 2 fully saturated rings. The standard InChI is InChI=1S/C18H24F6O8S/c1-2-15(7-30-8-15)9-31-13(25)11-5-3-4-6-12(11)14(26)32-16(17(19,20)21,18(22,23)24)10-33(27,28)29/h11-12H,2-10H2,1H3,(H,27,28,29). The van der Waals surface area contributed by atoms with Crippen LogP contribution in [0.1, 0.15) is 39.0 Å². The Morgan fingerprint density at radius 1 is 1.00 bits per heavy atom. The summed E-state index contributed by atoms with van der Waals surface area (Å²) in [5.41, 5.74) is -5.95. The molecule has 8 nitrogen and oxygen atoms in total. The summed E-state index contributed by atoms with van der Waals surface area (Å²) in [6.07, 6.45) is -12.0. The Morgan fingerprint density at radius 3 is 1.85 bits per heavy atom. The first kappa shape index (κ1) is 27.6. The van der Waals surface area contributed by atoms with Crippen LogP contribution >= 0.6 is 0 Å². The third-order valence-electron chi connectivity index (χ3n) is 6.03. The Morgan fingerprint density at radius 2 is 1.48 bits per heavy atom. The molecule has 1 heterocycles. The number of carbonyl (C=O) groups excluding carboxylic acids is 2. The van der Waals surface area contributed by atoms with Crippen molar-refractivity contribution in [1.82, 2.24) is 0 Å². The molecule has 1 saturated heterocycles. The van der Waals surface area contributed by atoms with Crippen LogP contribution in [-0.2, 0) is 33.9 Å². The lowest BCUT2D eigenvalue weighted by atomic mass is 9.79. The normalized spacial score (nSPS) is 24.0. The predicted molar refractivity (Wildman–Crippen MR) is 97.3 cm³/mol. The van der Waals surface area contributed by atoms with Crippen LogP contribution in [0.4, 0.5) is 26.3 Å². The summed E-state index contributed by atoms with van der Waals surface area (Å²) in [5.74, 6) is -9.08. The number of rotatable bonds is 8. The third kappa shape index (κ3) is 6.10. The van der Waals surface area contributed by atoms with Crippen molar-refractivity contribution in [3.63, 3.8) is 0 Å². The van der Waals surface area contributed by atoms with E-state index in [9.17, 15) is 44.3 Å². The first-order valence-corrected chi connectivity index (χ1v) is 11.6. The zero-order valence-corrected chi connectivity index (χ0v) is 18.3. The van der Waals surface area contributed by atoms with Crippen LogP contribution in [0.15, 0.2) is 0 Å². The SMILES string of the molecule is CCC1(COC(=O)C2CCCCC2C(=O)OC(CS(=O)(=O)O)(C(F)(F)F)C(F)(F)F)COC1. The van der Waals surface area contributed by atoms with Crippen molar-refractivity contribution in [3.05, 3.63) is 0 Å². The summed E-state index contributed by atoms with van der Waals surface area (Å²) in [4.78, 5) is 25.1. The van der Waals surface area contributed by atoms with Gasteiger partial charge in [0.05, 0.1) is 30.5 Å². The number of alkyl halides is 6. The molecule has 0 radical (unpaired) electrons. The molecule has 0 aromatic rings. The fourth-order valence-electron chi connectivity index (χ4n) is 3.78. The van der Waals surface area contributed by atoms with Crippen LogP contribution in [0.25, 0.3) is 0 Å². The van der Waals surface area contributed by atoms with E-state index in [1.54, 1.807) is 0 Å². The van der Waals surface area contributed by atoms with Crippen LogP contribution in [0.2, 0.25) is 0 Å². The van der Waals surface area contributed by atoms with Crippen LogP contribution in [0.5, 0.6) is 0 Å². The van der Waals surface area contributed by atoms with E-state index in [0.717, 1.165) is 0 Å². The number of carbonyl (C=O) groups is 2. The van der Waals surface area contributed by atoms with E-state index in [2.05, 4.69) is 4.74 Å². The highest BCUT2D eigenvalue weighted by Gasteiger charge is 2.76. The van der Waals surface area contributed by atoms with Gasteiger partial charge in [0.25, 0.3) is 10.1 Å². The number of esters is 2. The van der Waals surface area contributed by atoms with Crippen molar-refractivity contribution < 1.29 is 63.1 Å². The molecule has 15 heteroatoms. The van der Waals surface area contributed by atoms with Crippen molar-refractivity contribution in [2.24, 2.45) is 17.3 Å². The van der Waals surface area contributed by atoms with Crippen LogP contribution in [0.3, 0.4) is 0 Å². The molecule has 2 atom stereocenters. The lowest BCUT2D eigenvalue weighted by molar-refractivity contribution is -0.362. The van der Waals surface area contributed by atoms with Gasteiger partial charge in [-0.3, -0.25) is 14.1 Å². The highest BCUT2D eigenvalue weighted by Crippen LogP contribution is 2.48. The molecule has 0 spiro atoms. The number of halogens is 6. The van der Waals surface area contributed by atoms with E-state index in [-0.39, 0.29) is 25.9 Å². The molecule has 1 N–H and O–H groups in total. The van der Waals surface area contributed by atoms with Gasteiger partial charge in [0, 0.05) is 0 Å². The molecule has 1 saturated carbocycles. The minimum Gasteiger partial charge on any atom is -0.465 e. The Hall–Kier alpha value is -1.61. The molecular weight excluding hydrogens is 490 g/mol. The second-order valence-electron chi connectivity index (χ2n) is 8.42. The van der Waals surface area contributed by atoms with Crippen molar-refractivity contribution in [1.29, 1.82) is 0 Å². The fourth-order valence-corrected chi connectivity index (χ4v) is 4.68. The largest absolute Gasteiger partial charge is 0.465 e. The summed E-state index contributed by atoms with van der Waals surface area (Å²) in [7, 11) is -5.90. The van der Waals surface area contributed by atoms with Crippen LogP contribution in [0, 0.1) is 17.3 Å². The average molecular weight is 514 g/mol. The zero-order valence-electron chi connectivity index (χ0n) is 17.5. The minimum absolute atomic E-state index is 0.0441. The minimum atomic E-state index is -6.43. The van der Waals surface area contributed by atoms with E-state index >= 15 is 0 Å². The molecule has 192 valence electrons. The highest BCUT2D eigenvalue weighted by molar-refractivity contribution is 7.85. The third-order valence-corrected chi connectivity index (χ3v) is 6.81. The second-order valence-corrected chi connectivity index (χ2v) is 9.87. The molecular formula is C18H24F6O8S. The van der Waals surface area contributed by atoms with Crippen LogP contribution in [-0.4, -0.2) is 68.4 Å². The van der Waals surface area contributed by atoms with Gasteiger partial charge in [-0.1, -0.05) is 19.8 Å². The lowest BCUT2D eigenvalue weighted by Crippen LogP contribution is -2.64. The number of ether oxygens (including phenoxy) is 3. The van der Waals surface area contributed by atoms with Gasteiger partial charge in [-0.15, -0.1) is 0 Å². The van der Waals surface area contributed by atoms with Gasteiger partial charge >= 0.3 is 29.9 Å². The molecule has 2 unspecified atom stereocenters. The number of hydrogen-bond donors (Lipinski definition) is 1. The van der Waals surface area contributed by atoms with E-state index in [1.165, 1.54) is 0 Å². The lowest BCUT2D eigenvalue weighted by Gasteiger charge is -2.41. The first-order chi connectivity index (χ1) is 15.0. The summed E-state index contributed by atoms with van der Waals surface area (Å²) in [6.45, 7) is 2.34. The van der Waals surface area contributed by atoms with E-state index in [1.807, 2.05) is 6.92 Å². The average Bonchev–Trinajstić information content (AvgIpc) is 2.63. The van der Waals surface area contributed by atoms with Crippen molar-refractivity contribution in [2.75, 3.05) is 25.6 Å². The quantitative estimate of drug-likeness (QED) is 0.299. The van der Waals surface area contributed by atoms with Gasteiger partial charge in [-0.2, -0.15) is 34.8 Å². The van der Waals surface area contributed by atoms with E-state index in [0.29, 0.717) is 26.1 Å². The Labute approximate surface area is 185 Å². The molecule has 1 aliphatic heterocycles. The maximum atomic E-state index is 13.4. The molecule has 0 aromatic carbocycles. The van der Waals surface area contributed by atoms with Gasteiger partial charge in [0.1, 0.15) is 12.4 Å². The predicted octanol–water partition coefficient (Wildman–Crippen LogP) is 3.06. The van der Waals surface area contributed by atoms with E-state index < -0.39 is 63.0 Å². The molecule has 0 amide bonds. The van der Waals surface area contributed by atoms with Crippen molar-refractivity contribution >= 4 is 22.1 Å². The van der Waals surface area contributed by atoms with Gasteiger partial charge in [-0.05, 0) is 19.3 Å². The Bertz CT molecular complexity index is 814. The van der Waals surface area contributed by atoms with E-state index in [4.69, 9.17) is 14.0 Å². The summed E-state index contributed by atoms with van der Waals surface area (Å²) < 4.78 is 125. The van der Waals surface area contributed by atoms with Crippen molar-refractivity contribution in [3.8, 4) is 0 Å². The molecule has 33 heavy (non-hydrogen) atoms. The summed E-state index contributed by atoms with van der Waals surface area (Å²) >= 11 is 0. The fraction of sp³-hybridized carbons (Fsp3) is 0.889. The Balaban J connectivity index is 2.27. The summed E-state index contributed by atoms with van der Waals surface area (Å²) in [6, 6.07) is 0. The molecule has 2 rings (SSSR count). The maximum absolute atomic E-state index is 13.4. The Kier molecular flexibility index (Phi) is 8.01. The monoisotopic (exact) mass is 514 g/mol. The highest BCUT2D eigenvalue weighted by atomic mass is 32.2. The summed E-state index contributed by atoms with van der Waals surface area (Å²) in [5, 5.41) is 0. The molecule has 0 aromatic heterocycles. The van der Waals surface area contributed by atoms with Gasteiger partial charge in [0.15, 0.2) is 0 Å². The molecule has 0 bridgehead atoms. The topological polar surface area (TPSA) is 116 Å². The maximum Gasteiger partial charge on any atom is 0.438 e. The van der Waals surface area contributed by atoms with Gasteiger partial charge < -0.3 is 14.2 Å². The van der Waals surface area contributed by atoms with Crippen molar-refractivity contribution in [2.45, 2.75) is 57.0 Å². The first-order valence-electron chi connectivity index (χ1n) is 10.0. The molecule has 1 aliphatic carbocycles. The van der Waals surface area contributed by atoms with Gasteiger partial charge in [-0.25, -0.2) is 0 Å². The second kappa shape index (κ2) is 9.56. The van der Waals surface area contributed by atoms with Crippen LogP contribution < -0.4 is 0 Å². The molecule has 2 aliphatic rings. The smallest absolute Gasteiger partial charge is 0.438 e.